The van der Waals surface area contributed by atoms with Crippen molar-refractivity contribution in [3.63, 3.8) is 0 Å². The van der Waals surface area contributed by atoms with E-state index in [0.29, 0.717) is 28.8 Å². The van der Waals surface area contributed by atoms with Gasteiger partial charge in [0.1, 0.15) is 0 Å². The Hall–Kier alpha value is -3.33. The third-order valence-electron chi connectivity index (χ3n) is 5.55. The van der Waals surface area contributed by atoms with Gasteiger partial charge in [0, 0.05) is 23.7 Å². The molecule has 7 nitrogen and oxygen atoms in total. The first-order valence-electron chi connectivity index (χ1n) is 10.1. The molecule has 1 aliphatic heterocycles. The highest BCUT2D eigenvalue weighted by Crippen LogP contribution is 2.22. The average molecular weight is 427 g/mol. The number of carbonyl (C=O) groups excluding carboxylic acids is 2. The van der Waals surface area contributed by atoms with Gasteiger partial charge in [0.2, 0.25) is 5.91 Å². The first kappa shape index (κ1) is 20.9. The summed E-state index contributed by atoms with van der Waals surface area (Å²) in [4.78, 5) is 32.6. The number of alkyl halides is 2. The summed E-state index contributed by atoms with van der Waals surface area (Å²) in [6.07, 6.45) is -1.18. The van der Waals surface area contributed by atoms with E-state index in [4.69, 9.17) is 5.73 Å². The molecule has 1 fully saturated rings. The van der Waals surface area contributed by atoms with Gasteiger partial charge in [0.15, 0.2) is 5.82 Å². The minimum Gasteiger partial charge on any atom is -0.369 e. The van der Waals surface area contributed by atoms with Crippen molar-refractivity contribution in [1.82, 2.24) is 14.9 Å². The number of imidazole rings is 1. The van der Waals surface area contributed by atoms with Gasteiger partial charge in [0.05, 0.1) is 11.0 Å². The first-order chi connectivity index (χ1) is 14.9. The number of aromatic nitrogens is 2. The molecule has 0 bridgehead atoms. The average Bonchev–Trinajstić information content (AvgIpc) is 3.18. The van der Waals surface area contributed by atoms with Gasteiger partial charge in [-0.05, 0) is 61.8 Å². The molecule has 4 N–H and O–H groups in total. The van der Waals surface area contributed by atoms with Crippen molar-refractivity contribution in [2.24, 2.45) is 11.7 Å². The lowest BCUT2D eigenvalue weighted by Gasteiger charge is -2.30. The van der Waals surface area contributed by atoms with E-state index in [9.17, 15) is 18.4 Å². The number of hydrogen-bond acceptors (Lipinski definition) is 4. The predicted octanol–water partition coefficient (Wildman–Crippen LogP) is 3.45. The van der Waals surface area contributed by atoms with E-state index >= 15 is 0 Å². The Bertz CT molecular complexity index is 1110. The van der Waals surface area contributed by atoms with E-state index in [1.54, 1.807) is 18.2 Å². The van der Waals surface area contributed by atoms with Crippen LogP contribution in [0.2, 0.25) is 0 Å². The third kappa shape index (κ3) is 4.88. The quantitative estimate of drug-likeness (QED) is 0.560. The van der Waals surface area contributed by atoms with Crippen LogP contribution in [0.25, 0.3) is 11.0 Å². The molecular weight excluding hydrogens is 404 g/mol. The molecule has 2 heterocycles. The van der Waals surface area contributed by atoms with E-state index in [-0.39, 0.29) is 17.7 Å². The predicted molar refractivity (Wildman–Crippen MR) is 113 cm³/mol. The Morgan fingerprint density at radius 2 is 1.97 bits per heavy atom. The molecule has 9 heteroatoms. The summed E-state index contributed by atoms with van der Waals surface area (Å²) in [5.74, 6) is -1.04. The number of fused-ring (bicyclic) bond motifs is 1. The molecule has 0 aliphatic carbocycles. The molecule has 162 valence electrons. The SMILES string of the molecule is NC(=O)C1CCN(Cc2cccc(NC(=O)c3ccc4nc(C(F)F)[nH]c4c3)c2)CC1. The van der Waals surface area contributed by atoms with Crippen LogP contribution in [0.1, 0.15) is 41.0 Å². The van der Waals surface area contributed by atoms with Crippen molar-refractivity contribution < 1.29 is 18.4 Å². The second-order valence-electron chi connectivity index (χ2n) is 7.76. The van der Waals surface area contributed by atoms with E-state index < -0.39 is 12.2 Å². The van der Waals surface area contributed by atoms with Gasteiger partial charge >= 0.3 is 0 Å². The van der Waals surface area contributed by atoms with Gasteiger partial charge in [-0.25, -0.2) is 13.8 Å². The Balaban J connectivity index is 1.41. The molecule has 1 saturated heterocycles. The monoisotopic (exact) mass is 427 g/mol. The zero-order valence-corrected chi connectivity index (χ0v) is 16.8. The van der Waals surface area contributed by atoms with Crippen LogP contribution in [0.15, 0.2) is 42.5 Å². The van der Waals surface area contributed by atoms with Crippen molar-refractivity contribution in [3.05, 3.63) is 59.4 Å². The normalized spacial score (nSPS) is 15.5. The highest BCUT2D eigenvalue weighted by molar-refractivity contribution is 6.05. The number of halogens is 2. The van der Waals surface area contributed by atoms with Crippen LogP contribution in [0.4, 0.5) is 14.5 Å². The van der Waals surface area contributed by atoms with Crippen LogP contribution in [-0.2, 0) is 11.3 Å². The molecule has 2 amide bonds. The second-order valence-corrected chi connectivity index (χ2v) is 7.76. The summed E-state index contributed by atoms with van der Waals surface area (Å²) >= 11 is 0. The van der Waals surface area contributed by atoms with E-state index in [1.807, 2.05) is 18.2 Å². The number of piperidine rings is 1. The number of primary amides is 1. The van der Waals surface area contributed by atoms with Crippen molar-refractivity contribution in [3.8, 4) is 0 Å². The summed E-state index contributed by atoms with van der Waals surface area (Å²) in [5, 5.41) is 2.85. The molecule has 3 aromatic rings. The lowest BCUT2D eigenvalue weighted by atomic mass is 9.96. The third-order valence-corrected chi connectivity index (χ3v) is 5.55. The van der Waals surface area contributed by atoms with E-state index in [2.05, 4.69) is 20.2 Å². The van der Waals surface area contributed by atoms with Gasteiger partial charge in [-0.2, -0.15) is 0 Å². The topological polar surface area (TPSA) is 104 Å². The van der Waals surface area contributed by atoms with E-state index in [0.717, 1.165) is 31.5 Å². The molecule has 0 saturated carbocycles. The van der Waals surface area contributed by atoms with Crippen LogP contribution < -0.4 is 11.1 Å². The number of amides is 2. The lowest BCUT2D eigenvalue weighted by molar-refractivity contribution is -0.123. The maximum absolute atomic E-state index is 12.8. The number of nitrogens with one attached hydrogen (secondary N) is 2. The molecule has 1 aliphatic rings. The van der Waals surface area contributed by atoms with Gasteiger partial charge in [0.25, 0.3) is 12.3 Å². The molecule has 0 radical (unpaired) electrons. The van der Waals surface area contributed by atoms with Crippen LogP contribution in [-0.4, -0.2) is 39.8 Å². The van der Waals surface area contributed by atoms with Gasteiger partial charge in [-0.3, -0.25) is 14.5 Å². The summed E-state index contributed by atoms with van der Waals surface area (Å²) in [5.41, 5.74) is 8.19. The molecule has 1 aromatic heterocycles. The van der Waals surface area contributed by atoms with Crippen molar-refractivity contribution >= 4 is 28.5 Å². The van der Waals surface area contributed by atoms with Crippen molar-refractivity contribution in [2.45, 2.75) is 25.8 Å². The lowest BCUT2D eigenvalue weighted by Crippen LogP contribution is -2.38. The smallest absolute Gasteiger partial charge is 0.295 e. The van der Waals surface area contributed by atoms with Crippen molar-refractivity contribution in [2.75, 3.05) is 18.4 Å². The maximum atomic E-state index is 12.8. The second kappa shape index (κ2) is 8.81. The highest BCUT2D eigenvalue weighted by atomic mass is 19.3. The van der Waals surface area contributed by atoms with Crippen LogP contribution in [0.3, 0.4) is 0 Å². The minimum absolute atomic E-state index is 0.0501. The Kier molecular flexibility index (Phi) is 5.94. The fourth-order valence-electron chi connectivity index (χ4n) is 3.86. The molecular formula is C22H23F2N5O2. The van der Waals surface area contributed by atoms with Crippen LogP contribution >= 0.6 is 0 Å². The summed E-state index contributed by atoms with van der Waals surface area (Å²) < 4.78 is 25.6. The van der Waals surface area contributed by atoms with Gasteiger partial charge in [-0.1, -0.05) is 12.1 Å². The number of aromatic amines is 1. The van der Waals surface area contributed by atoms with E-state index in [1.165, 1.54) is 6.07 Å². The van der Waals surface area contributed by atoms with Gasteiger partial charge < -0.3 is 16.0 Å². The number of nitrogens with zero attached hydrogens (tertiary/aromatic N) is 2. The number of likely N-dealkylation sites (tertiary alicyclic amines) is 1. The highest BCUT2D eigenvalue weighted by Gasteiger charge is 2.23. The summed E-state index contributed by atoms with van der Waals surface area (Å²) in [7, 11) is 0. The maximum Gasteiger partial charge on any atom is 0.295 e. The standard InChI is InChI=1S/C22H23F2N5O2/c23-19(24)21-27-17-5-4-15(11-18(17)28-21)22(31)26-16-3-1-2-13(10-16)12-29-8-6-14(7-9-29)20(25)30/h1-5,10-11,14,19H,6-9,12H2,(H2,25,30)(H,26,31)(H,27,28). The number of H-pyrrole nitrogens is 1. The Morgan fingerprint density at radius 3 is 2.68 bits per heavy atom. The fraction of sp³-hybridized carbons (Fsp3) is 0.318. The molecule has 2 aromatic carbocycles. The van der Waals surface area contributed by atoms with Gasteiger partial charge in [-0.15, -0.1) is 0 Å². The number of nitrogens with two attached hydrogens (primary N) is 1. The minimum atomic E-state index is -2.70. The summed E-state index contributed by atoms with van der Waals surface area (Å²) in [6, 6.07) is 12.2. The molecule has 0 spiro atoms. The van der Waals surface area contributed by atoms with Crippen LogP contribution in [0.5, 0.6) is 0 Å². The number of rotatable bonds is 6. The fourth-order valence-corrected chi connectivity index (χ4v) is 3.86. The van der Waals surface area contributed by atoms with Crippen LogP contribution in [0, 0.1) is 5.92 Å². The molecule has 0 atom stereocenters. The number of carbonyl (C=O) groups is 2. The molecule has 31 heavy (non-hydrogen) atoms. The zero-order chi connectivity index (χ0) is 22.0. The van der Waals surface area contributed by atoms with Crippen molar-refractivity contribution in [1.29, 1.82) is 0 Å². The Morgan fingerprint density at radius 1 is 1.19 bits per heavy atom. The zero-order valence-electron chi connectivity index (χ0n) is 16.8. The Labute approximate surface area is 177 Å². The summed E-state index contributed by atoms with van der Waals surface area (Å²) in [6.45, 7) is 2.32. The first-order valence-corrected chi connectivity index (χ1v) is 10.1. The molecule has 4 rings (SSSR count). The number of anilines is 1. The number of benzene rings is 2. The largest absolute Gasteiger partial charge is 0.369 e. The number of hydrogen-bond donors (Lipinski definition) is 3. The molecule has 0 unspecified atom stereocenters.